The number of anilines is 1. The molecule has 4 rings (SSSR count). The Morgan fingerprint density at radius 2 is 1.67 bits per heavy atom. The summed E-state index contributed by atoms with van der Waals surface area (Å²) in [6, 6.07) is 24.5. The van der Waals surface area contributed by atoms with Crippen LogP contribution in [0.4, 0.5) is 10.1 Å². The van der Waals surface area contributed by atoms with Crippen molar-refractivity contribution in [2.75, 3.05) is 10.7 Å². The van der Waals surface area contributed by atoms with Crippen molar-refractivity contribution >= 4 is 40.5 Å². The summed E-state index contributed by atoms with van der Waals surface area (Å²) in [4.78, 5) is 31.6. The molecule has 7 heteroatoms. The molecule has 1 heterocycles. The maximum absolute atomic E-state index is 13.4. The van der Waals surface area contributed by atoms with Crippen molar-refractivity contribution in [3.8, 4) is 0 Å². The van der Waals surface area contributed by atoms with E-state index in [0.717, 1.165) is 22.9 Å². The number of thioether (sulfide) groups is 1. The van der Waals surface area contributed by atoms with Crippen LogP contribution < -0.4 is 10.2 Å². The number of nitrogens with zero attached hydrogens (tertiary/aromatic N) is 2. The predicted octanol–water partition coefficient (Wildman–Crippen LogP) is 5.18. The normalized spacial score (nSPS) is 15.5. The molecule has 1 atom stereocenters. The van der Waals surface area contributed by atoms with E-state index in [1.165, 1.54) is 29.2 Å². The largest absolute Gasteiger partial charge is 0.349 e. The second-order valence-corrected chi connectivity index (χ2v) is 8.38. The quantitative estimate of drug-likeness (QED) is 0.517. The number of halogens is 1. The van der Waals surface area contributed by atoms with Gasteiger partial charge in [0, 0.05) is 0 Å². The van der Waals surface area contributed by atoms with Crippen molar-refractivity contribution < 1.29 is 14.0 Å². The van der Waals surface area contributed by atoms with Gasteiger partial charge < -0.3 is 5.32 Å². The van der Waals surface area contributed by atoms with Crippen molar-refractivity contribution in [1.29, 1.82) is 0 Å². The molecule has 0 saturated carbocycles. The maximum Gasteiger partial charge on any atom is 0.283 e. The van der Waals surface area contributed by atoms with Crippen LogP contribution in [0.25, 0.3) is 6.08 Å². The summed E-state index contributed by atoms with van der Waals surface area (Å²) in [5, 5.41) is 3.33. The molecule has 1 aliphatic heterocycles. The number of hydrogen-bond acceptors (Lipinski definition) is 4. The zero-order chi connectivity index (χ0) is 23.2. The van der Waals surface area contributed by atoms with E-state index in [4.69, 9.17) is 0 Å². The van der Waals surface area contributed by atoms with E-state index in [1.807, 2.05) is 67.6 Å². The van der Waals surface area contributed by atoms with Crippen molar-refractivity contribution in [3.05, 3.63) is 108 Å². The number of benzene rings is 3. The summed E-state index contributed by atoms with van der Waals surface area (Å²) >= 11 is 1.16. The molecule has 2 amide bonds. The number of amidine groups is 1. The highest BCUT2D eigenvalue weighted by Gasteiger charge is 2.32. The molecule has 3 aromatic rings. The van der Waals surface area contributed by atoms with Gasteiger partial charge in [0.25, 0.3) is 5.91 Å². The fraction of sp³-hybridized carbons (Fsp3) is 0.115. The highest BCUT2D eigenvalue weighted by molar-refractivity contribution is 8.14. The third-order valence-electron chi connectivity index (χ3n) is 5.03. The summed E-state index contributed by atoms with van der Waals surface area (Å²) in [5.41, 5.74) is 2.59. The Balaban J connectivity index is 1.52. The molecule has 5 nitrogen and oxygen atoms in total. The lowest BCUT2D eigenvalue weighted by Gasteiger charge is -2.18. The van der Waals surface area contributed by atoms with E-state index in [9.17, 15) is 14.0 Å². The van der Waals surface area contributed by atoms with Gasteiger partial charge in [-0.3, -0.25) is 14.5 Å². The number of carbonyl (C=O) groups excluding carboxylic acids is 2. The standard InChI is InChI=1S/C26H22FN3O2S/c1-18(20-10-6-3-7-11-20)28-24(31)17-33-26-29-23(16-19-8-4-2-5-9-19)25(32)30(26)22-14-12-21(27)13-15-22/h2-16,18H,17H2,1H3,(H,28,31). The van der Waals surface area contributed by atoms with Crippen LogP contribution in [0.5, 0.6) is 0 Å². The van der Waals surface area contributed by atoms with E-state index < -0.39 is 5.82 Å². The molecule has 0 fully saturated rings. The van der Waals surface area contributed by atoms with Crippen molar-refractivity contribution in [1.82, 2.24) is 5.32 Å². The van der Waals surface area contributed by atoms with E-state index in [0.29, 0.717) is 10.9 Å². The molecule has 1 aliphatic rings. The lowest BCUT2D eigenvalue weighted by atomic mass is 10.1. The Morgan fingerprint density at radius 1 is 1.03 bits per heavy atom. The van der Waals surface area contributed by atoms with Crippen LogP contribution in [0, 0.1) is 5.82 Å². The first-order valence-corrected chi connectivity index (χ1v) is 11.4. The average molecular weight is 460 g/mol. The van der Waals surface area contributed by atoms with Gasteiger partial charge in [-0.1, -0.05) is 72.4 Å². The number of amides is 2. The van der Waals surface area contributed by atoms with Gasteiger partial charge >= 0.3 is 0 Å². The first kappa shape index (κ1) is 22.5. The Bertz CT molecular complexity index is 1200. The number of hydrogen-bond donors (Lipinski definition) is 1. The summed E-state index contributed by atoms with van der Waals surface area (Å²) in [6.45, 7) is 1.92. The monoisotopic (exact) mass is 459 g/mol. The molecular weight excluding hydrogens is 437 g/mol. The highest BCUT2D eigenvalue weighted by Crippen LogP contribution is 2.29. The second kappa shape index (κ2) is 10.3. The minimum atomic E-state index is -0.397. The second-order valence-electron chi connectivity index (χ2n) is 7.44. The van der Waals surface area contributed by atoms with Gasteiger partial charge in [-0.05, 0) is 48.4 Å². The van der Waals surface area contributed by atoms with Crippen LogP contribution in [-0.4, -0.2) is 22.7 Å². The smallest absolute Gasteiger partial charge is 0.283 e. The van der Waals surface area contributed by atoms with Crippen LogP contribution in [0.3, 0.4) is 0 Å². The molecular formula is C26H22FN3O2S. The highest BCUT2D eigenvalue weighted by atomic mass is 32.2. The lowest BCUT2D eigenvalue weighted by molar-refractivity contribution is -0.119. The van der Waals surface area contributed by atoms with Gasteiger partial charge in [0.2, 0.25) is 5.91 Å². The van der Waals surface area contributed by atoms with E-state index in [-0.39, 0.29) is 29.3 Å². The van der Waals surface area contributed by atoms with Gasteiger partial charge in [-0.2, -0.15) is 0 Å². The Labute approximate surface area is 196 Å². The van der Waals surface area contributed by atoms with E-state index >= 15 is 0 Å². The summed E-state index contributed by atoms with van der Waals surface area (Å²) in [5.74, 6) is -0.817. The maximum atomic E-state index is 13.4. The summed E-state index contributed by atoms with van der Waals surface area (Å²) in [7, 11) is 0. The average Bonchev–Trinajstić information content (AvgIpc) is 3.14. The molecule has 0 aromatic heterocycles. The number of aliphatic imine (C=N–C) groups is 1. The number of nitrogens with one attached hydrogen (secondary N) is 1. The molecule has 1 N–H and O–H groups in total. The molecule has 33 heavy (non-hydrogen) atoms. The van der Waals surface area contributed by atoms with Gasteiger partial charge in [0.15, 0.2) is 5.17 Å². The van der Waals surface area contributed by atoms with Crippen molar-refractivity contribution in [2.24, 2.45) is 4.99 Å². The summed E-state index contributed by atoms with van der Waals surface area (Å²) < 4.78 is 13.4. The van der Waals surface area contributed by atoms with E-state index in [2.05, 4.69) is 10.3 Å². The molecule has 0 aliphatic carbocycles. The van der Waals surface area contributed by atoms with Crippen molar-refractivity contribution in [2.45, 2.75) is 13.0 Å². The predicted molar refractivity (Wildman–Crippen MR) is 131 cm³/mol. The molecule has 0 bridgehead atoms. The van der Waals surface area contributed by atoms with Crippen LogP contribution >= 0.6 is 11.8 Å². The molecule has 0 radical (unpaired) electrons. The molecule has 166 valence electrons. The van der Waals surface area contributed by atoms with Gasteiger partial charge in [0.1, 0.15) is 11.5 Å². The van der Waals surface area contributed by atoms with Crippen LogP contribution in [0.1, 0.15) is 24.1 Å². The topological polar surface area (TPSA) is 61.8 Å². The van der Waals surface area contributed by atoms with Crippen LogP contribution in [0.2, 0.25) is 0 Å². The van der Waals surface area contributed by atoms with Crippen LogP contribution in [-0.2, 0) is 9.59 Å². The first-order valence-electron chi connectivity index (χ1n) is 10.4. The van der Waals surface area contributed by atoms with Crippen LogP contribution in [0.15, 0.2) is 95.6 Å². The molecule has 1 unspecified atom stereocenters. The Kier molecular flexibility index (Phi) is 7.00. The van der Waals surface area contributed by atoms with Gasteiger partial charge in [-0.15, -0.1) is 0 Å². The van der Waals surface area contributed by atoms with Gasteiger partial charge in [-0.25, -0.2) is 9.38 Å². The molecule has 3 aromatic carbocycles. The molecule has 0 spiro atoms. The first-order chi connectivity index (χ1) is 16.0. The van der Waals surface area contributed by atoms with E-state index in [1.54, 1.807) is 6.08 Å². The summed E-state index contributed by atoms with van der Waals surface area (Å²) in [6.07, 6.45) is 1.70. The zero-order valence-corrected chi connectivity index (χ0v) is 18.8. The fourth-order valence-corrected chi connectivity index (χ4v) is 4.18. The fourth-order valence-electron chi connectivity index (χ4n) is 3.36. The van der Waals surface area contributed by atoms with Gasteiger partial charge in [0.05, 0.1) is 17.5 Å². The third-order valence-corrected chi connectivity index (χ3v) is 5.97. The lowest BCUT2D eigenvalue weighted by Crippen LogP contribution is -2.33. The Morgan fingerprint density at radius 3 is 2.33 bits per heavy atom. The number of rotatable bonds is 6. The number of carbonyl (C=O) groups is 2. The molecule has 0 saturated heterocycles. The SMILES string of the molecule is CC(NC(=O)CSC1=NC(=Cc2ccccc2)C(=O)N1c1ccc(F)cc1)c1ccccc1. The minimum Gasteiger partial charge on any atom is -0.349 e. The van der Waals surface area contributed by atoms with Crippen molar-refractivity contribution in [3.63, 3.8) is 0 Å². The zero-order valence-electron chi connectivity index (χ0n) is 17.9. The third kappa shape index (κ3) is 5.56. The minimum absolute atomic E-state index is 0.0829. The Hall–Kier alpha value is -3.71.